The van der Waals surface area contributed by atoms with Gasteiger partial charge in [-0.15, -0.1) is 0 Å². The quantitative estimate of drug-likeness (QED) is 0.219. The van der Waals surface area contributed by atoms with Crippen LogP contribution in [0.25, 0.3) is 0 Å². The molecule has 1 aromatic carbocycles. The van der Waals surface area contributed by atoms with E-state index in [4.69, 9.17) is 5.73 Å². The van der Waals surface area contributed by atoms with E-state index in [9.17, 15) is 13.2 Å². The highest BCUT2D eigenvalue weighted by molar-refractivity contribution is 5.26. The highest BCUT2D eigenvalue weighted by Gasteiger charge is 2.31. The Morgan fingerprint density at radius 3 is 1.66 bits per heavy atom. The van der Waals surface area contributed by atoms with Crippen molar-refractivity contribution in [2.75, 3.05) is 0 Å². The minimum absolute atomic E-state index is 0.184. The molecule has 0 radical (unpaired) electrons. The van der Waals surface area contributed by atoms with Gasteiger partial charge in [-0.25, -0.2) is 0 Å². The van der Waals surface area contributed by atoms with Gasteiger partial charge in [0, 0.05) is 5.54 Å². The minimum Gasteiger partial charge on any atom is -0.325 e. The summed E-state index contributed by atoms with van der Waals surface area (Å²) in [6.45, 7) is 6.25. The van der Waals surface area contributed by atoms with E-state index < -0.39 is 17.3 Å². The van der Waals surface area contributed by atoms with Crippen molar-refractivity contribution in [2.24, 2.45) is 11.7 Å². The molecular formula is C28H48F3N. The molecule has 1 atom stereocenters. The van der Waals surface area contributed by atoms with Gasteiger partial charge in [-0.1, -0.05) is 115 Å². The van der Waals surface area contributed by atoms with E-state index in [1.54, 1.807) is 6.07 Å². The predicted octanol–water partition coefficient (Wildman–Crippen LogP) is 9.47. The van der Waals surface area contributed by atoms with Crippen LogP contribution in [0.1, 0.15) is 128 Å². The number of rotatable bonds is 18. The molecule has 0 aliphatic heterocycles. The number of nitrogens with two attached hydrogens (primary N) is 1. The summed E-state index contributed by atoms with van der Waals surface area (Å²) >= 11 is 0. The van der Waals surface area contributed by atoms with Crippen LogP contribution in [0.3, 0.4) is 0 Å². The summed E-state index contributed by atoms with van der Waals surface area (Å²) in [6, 6.07) is 5.72. The fourth-order valence-electron chi connectivity index (χ4n) is 4.48. The minimum atomic E-state index is -4.29. The summed E-state index contributed by atoms with van der Waals surface area (Å²) in [5.41, 5.74) is 6.15. The maximum absolute atomic E-state index is 13.0. The van der Waals surface area contributed by atoms with E-state index >= 15 is 0 Å². The summed E-state index contributed by atoms with van der Waals surface area (Å²) in [5.74, 6) is 0.184. The Hall–Kier alpha value is -1.03. The highest BCUT2D eigenvalue weighted by Crippen LogP contribution is 2.31. The van der Waals surface area contributed by atoms with E-state index in [2.05, 4.69) is 6.92 Å². The SMILES string of the molecule is CCCCCCCCCCCCCCCCC(Cc1cccc(C(F)(F)F)c1)C(C)(C)N. The second-order valence-corrected chi connectivity index (χ2v) is 10.3. The zero-order valence-corrected chi connectivity index (χ0v) is 20.9. The van der Waals surface area contributed by atoms with E-state index in [-0.39, 0.29) is 5.92 Å². The lowest BCUT2D eigenvalue weighted by Gasteiger charge is -2.31. The van der Waals surface area contributed by atoms with Crippen LogP contribution in [0.4, 0.5) is 13.2 Å². The molecule has 0 spiro atoms. The van der Waals surface area contributed by atoms with Crippen molar-refractivity contribution in [1.82, 2.24) is 0 Å². The molecule has 0 bridgehead atoms. The smallest absolute Gasteiger partial charge is 0.325 e. The van der Waals surface area contributed by atoms with Gasteiger partial charge in [-0.3, -0.25) is 0 Å². The molecule has 2 N–H and O–H groups in total. The molecule has 0 heterocycles. The fraction of sp³-hybridized carbons (Fsp3) is 0.786. The average molecular weight is 456 g/mol. The number of benzene rings is 1. The first-order valence-corrected chi connectivity index (χ1v) is 13.1. The third kappa shape index (κ3) is 13.5. The molecule has 32 heavy (non-hydrogen) atoms. The Balaban J connectivity index is 2.20. The van der Waals surface area contributed by atoms with Crippen molar-refractivity contribution in [3.8, 4) is 0 Å². The van der Waals surface area contributed by atoms with E-state index in [0.717, 1.165) is 24.5 Å². The first kappa shape index (κ1) is 29.0. The Labute approximate surface area is 195 Å². The van der Waals surface area contributed by atoms with Crippen molar-refractivity contribution in [1.29, 1.82) is 0 Å². The van der Waals surface area contributed by atoms with Crippen molar-refractivity contribution in [3.05, 3.63) is 35.4 Å². The molecule has 186 valence electrons. The van der Waals surface area contributed by atoms with Crippen LogP contribution in [0, 0.1) is 5.92 Å². The first-order chi connectivity index (χ1) is 15.1. The number of hydrogen-bond acceptors (Lipinski definition) is 1. The lowest BCUT2D eigenvalue weighted by atomic mass is 9.80. The number of unbranched alkanes of at least 4 members (excludes halogenated alkanes) is 13. The van der Waals surface area contributed by atoms with Gasteiger partial charge in [0.1, 0.15) is 0 Å². The first-order valence-electron chi connectivity index (χ1n) is 13.1. The molecule has 1 unspecified atom stereocenters. The predicted molar refractivity (Wildman–Crippen MR) is 132 cm³/mol. The molecule has 0 fully saturated rings. The third-order valence-electron chi connectivity index (χ3n) is 6.69. The Kier molecular flexibility index (Phi) is 14.3. The summed E-state index contributed by atoms with van der Waals surface area (Å²) in [6.07, 6.45) is 15.8. The van der Waals surface area contributed by atoms with Crippen LogP contribution < -0.4 is 5.73 Å². The van der Waals surface area contributed by atoms with Crippen LogP contribution in [-0.4, -0.2) is 5.54 Å². The monoisotopic (exact) mass is 455 g/mol. The van der Waals surface area contributed by atoms with Crippen molar-refractivity contribution in [2.45, 2.75) is 135 Å². The normalized spacial score (nSPS) is 13.5. The van der Waals surface area contributed by atoms with Gasteiger partial charge in [-0.2, -0.15) is 13.2 Å². The second-order valence-electron chi connectivity index (χ2n) is 10.3. The maximum atomic E-state index is 13.0. The molecule has 0 saturated carbocycles. The number of hydrogen-bond donors (Lipinski definition) is 1. The van der Waals surface area contributed by atoms with Crippen molar-refractivity contribution >= 4 is 0 Å². The Bertz CT molecular complexity index is 589. The van der Waals surface area contributed by atoms with Crippen LogP contribution >= 0.6 is 0 Å². The zero-order chi connectivity index (χ0) is 23.9. The van der Waals surface area contributed by atoms with Crippen molar-refractivity contribution < 1.29 is 13.2 Å². The molecular weight excluding hydrogens is 407 g/mol. The summed E-state index contributed by atoms with van der Waals surface area (Å²) in [7, 11) is 0. The molecule has 0 aromatic heterocycles. The molecule has 4 heteroatoms. The highest BCUT2D eigenvalue weighted by atomic mass is 19.4. The number of alkyl halides is 3. The molecule has 0 saturated heterocycles. The van der Waals surface area contributed by atoms with Crippen LogP contribution in [0.5, 0.6) is 0 Å². The van der Waals surface area contributed by atoms with Gasteiger partial charge < -0.3 is 5.73 Å². The third-order valence-corrected chi connectivity index (χ3v) is 6.69. The molecule has 1 rings (SSSR count). The number of halogens is 3. The lowest BCUT2D eigenvalue weighted by Crippen LogP contribution is -2.42. The Morgan fingerprint density at radius 2 is 1.22 bits per heavy atom. The van der Waals surface area contributed by atoms with Crippen LogP contribution in [0.2, 0.25) is 0 Å². The maximum Gasteiger partial charge on any atom is 0.416 e. The van der Waals surface area contributed by atoms with E-state index in [1.165, 1.54) is 95.6 Å². The molecule has 1 aromatic rings. The van der Waals surface area contributed by atoms with Gasteiger partial charge in [0.2, 0.25) is 0 Å². The van der Waals surface area contributed by atoms with Gasteiger partial charge in [0.15, 0.2) is 0 Å². The van der Waals surface area contributed by atoms with Gasteiger partial charge in [0.05, 0.1) is 5.56 Å². The molecule has 0 amide bonds. The molecule has 1 nitrogen and oxygen atoms in total. The average Bonchev–Trinajstić information content (AvgIpc) is 2.72. The van der Waals surface area contributed by atoms with Crippen LogP contribution in [-0.2, 0) is 12.6 Å². The summed E-state index contributed by atoms with van der Waals surface area (Å²) < 4.78 is 39.0. The van der Waals surface area contributed by atoms with Crippen LogP contribution in [0.15, 0.2) is 24.3 Å². The Morgan fingerprint density at radius 1 is 0.750 bits per heavy atom. The van der Waals surface area contributed by atoms with Crippen molar-refractivity contribution in [3.63, 3.8) is 0 Å². The largest absolute Gasteiger partial charge is 0.416 e. The topological polar surface area (TPSA) is 26.0 Å². The standard InChI is InChI=1S/C28H48F3N/c1-4-5-6-7-8-9-10-11-12-13-14-15-16-17-20-25(27(2,3)32)22-24-19-18-21-26(23-24)28(29,30)31/h18-19,21,23,25H,4-17,20,22,32H2,1-3H3. The van der Waals surface area contributed by atoms with E-state index in [0.29, 0.717) is 6.42 Å². The lowest BCUT2D eigenvalue weighted by molar-refractivity contribution is -0.137. The molecule has 0 aliphatic carbocycles. The summed E-state index contributed by atoms with van der Waals surface area (Å²) in [5, 5.41) is 0. The van der Waals surface area contributed by atoms with Gasteiger partial charge in [0.25, 0.3) is 0 Å². The van der Waals surface area contributed by atoms with Gasteiger partial charge in [-0.05, 0) is 44.2 Å². The van der Waals surface area contributed by atoms with Gasteiger partial charge >= 0.3 is 6.18 Å². The molecule has 0 aliphatic rings. The van der Waals surface area contributed by atoms with E-state index in [1.807, 2.05) is 13.8 Å². The zero-order valence-electron chi connectivity index (χ0n) is 20.9. The summed E-state index contributed by atoms with van der Waals surface area (Å²) in [4.78, 5) is 0. The fourth-order valence-corrected chi connectivity index (χ4v) is 4.48. The second kappa shape index (κ2) is 15.7.